The van der Waals surface area contributed by atoms with Gasteiger partial charge in [-0.1, -0.05) is 0 Å². The van der Waals surface area contributed by atoms with Crippen LogP contribution in [0.5, 0.6) is 11.6 Å². The Kier molecular flexibility index (Phi) is 5.62. The number of nitrogens with two attached hydrogens (primary N) is 1. The largest absolute Gasteiger partial charge is 0.495 e. The summed E-state index contributed by atoms with van der Waals surface area (Å²) in [4.78, 5) is 29.1. The summed E-state index contributed by atoms with van der Waals surface area (Å²) in [6, 6.07) is 8.70. The first kappa shape index (κ1) is 22.2. The number of carbonyl (C=O) groups excluding carboxylic acids is 2. The number of aromatic nitrogens is 1. The molecule has 3 N–H and O–H groups in total. The lowest BCUT2D eigenvalue weighted by Gasteiger charge is -2.57. The summed E-state index contributed by atoms with van der Waals surface area (Å²) in [5, 5.41) is 12.3. The molecule has 1 spiro atoms. The fourth-order valence-electron chi connectivity index (χ4n) is 5.31. The average Bonchev–Trinajstić information content (AvgIpc) is 2.80. The van der Waals surface area contributed by atoms with Gasteiger partial charge in [0.25, 0.3) is 11.8 Å². The van der Waals surface area contributed by atoms with E-state index in [1.165, 1.54) is 7.11 Å². The van der Waals surface area contributed by atoms with E-state index >= 15 is 0 Å². The van der Waals surface area contributed by atoms with Gasteiger partial charge in [0.1, 0.15) is 23.5 Å². The van der Waals surface area contributed by atoms with E-state index in [0.29, 0.717) is 48.0 Å². The van der Waals surface area contributed by atoms with Crippen molar-refractivity contribution in [1.29, 1.82) is 5.26 Å². The Bertz CT molecular complexity index is 1190. The molecule has 34 heavy (non-hydrogen) atoms. The van der Waals surface area contributed by atoms with Crippen LogP contribution in [0.4, 0.5) is 0 Å². The predicted octanol–water partition coefficient (Wildman–Crippen LogP) is 2.25. The second-order valence-corrected chi connectivity index (χ2v) is 9.37. The quantitative estimate of drug-likeness (QED) is 0.672. The third-order valence-electron chi connectivity index (χ3n) is 7.04. The van der Waals surface area contributed by atoms with Gasteiger partial charge in [-0.3, -0.25) is 9.59 Å². The molecule has 2 fully saturated rings. The molecule has 9 heteroatoms. The molecule has 2 amide bonds. The first-order valence-electron chi connectivity index (χ1n) is 11.4. The number of carbonyl (C=O) groups is 2. The van der Waals surface area contributed by atoms with Gasteiger partial charge in [0, 0.05) is 23.6 Å². The maximum Gasteiger partial charge on any atom is 0.254 e. The van der Waals surface area contributed by atoms with Crippen LogP contribution in [0.1, 0.15) is 63.2 Å². The number of nitrogens with zero attached hydrogens (tertiary/aromatic N) is 2. The Morgan fingerprint density at radius 3 is 2.76 bits per heavy atom. The Morgan fingerprint density at radius 2 is 2.06 bits per heavy atom. The first-order valence-corrected chi connectivity index (χ1v) is 11.4. The topological polar surface area (TPSA) is 137 Å². The molecular formula is C25H26N4O5. The van der Waals surface area contributed by atoms with Gasteiger partial charge in [0.05, 0.1) is 31.6 Å². The summed E-state index contributed by atoms with van der Waals surface area (Å²) in [5.74, 6) is 0.00209. The van der Waals surface area contributed by atoms with Gasteiger partial charge >= 0.3 is 0 Å². The zero-order chi connectivity index (χ0) is 23.9. The molecule has 3 aliphatic rings. The SMILES string of the molecule is COc1ccc(C(=O)NC2CC3(C2)CC(Oc2nc4c(cc2C(N)=O)COCC4)C3)cc1C#N. The van der Waals surface area contributed by atoms with Crippen LogP contribution in [0.15, 0.2) is 24.3 Å². The number of primary amides is 1. The van der Waals surface area contributed by atoms with E-state index in [1.807, 2.05) is 6.07 Å². The van der Waals surface area contributed by atoms with Crippen molar-refractivity contribution >= 4 is 11.8 Å². The van der Waals surface area contributed by atoms with Crippen molar-refractivity contribution in [3.05, 3.63) is 52.2 Å². The van der Waals surface area contributed by atoms with Gasteiger partial charge in [0.15, 0.2) is 0 Å². The van der Waals surface area contributed by atoms with Crippen molar-refractivity contribution in [2.24, 2.45) is 11.1 Å². The number of pyridine rings is 1. The van der Waals surface area contributed by atoms with Crippen molar-refractivity contribution in [2.75, 3.05) is 13.7 Å². The number of rotatable bonds is 6. The number of hydrogen-bond acceptors (Lipinski definition) is 7. The van der Waals surface area contributed by atoms with Crippen LogP contribution in [-0.4, -0.2) is 42.7 Å². The van der Waals surface area contributed by atoms with Gasteiger partial charge in [-0.05, 0) is 55.4 Å². The highest BCUT2D eigenvalue weighted by atomic mass is 16.5. The molecule has 0 atom stereocenters. The number of nitrogens with one attached hydrogen (secondary N) is 1. The van der Waals surface area contributed by atoms with E-state index < -0.39 is 5.91 Å². The maximum absolute atomic E-state index is 12.6. The van der Waals surface area contributed by atoms with E-state index in [4.69, 9.17) is 19.9 Å². The summed E-state index contributed by atoms with van der Waals surface area (Å²) in [6.45, 7) is 1.03. The van der Waals surface area contributed by atoms with Crippen molar-refractivity contribution in [3.8, 4) is 17.7 Å². The molecule has 176 valence electrons. The van der Waals surface area contributed by atoms with Crippen LogP contribution >= 0.6 is 0 Å². The lowest BCUT2D eigenvalue weighted by molar-refractivity contribution is -0.0849. The summed E-state index contributed by atoms with van der Waals surface area (Å²) in [7, 11) is 1.49. The van der Waals surface area contributed by atoms with Crippen LogP contribution in [0, 0.1) is 16.7 Å². The molecule has 0 bridgehead atoms. The molecule has 0 radical (unpaired) electrons. The standard InChI is InChI=1S/C25H26N4O5/c1-32-21-3-2-14(6-15(21)12-26)23(31)28-17-8-25(9-17)10-18(11-25)34-24-19(22(27)30)7-16-13-33-5-4-20(16)29-24/h2-3,6-7,17-18H,4-5,8-11,13H2,1H3,(H2,27,30)(H,28,31). The van der Waals surface area contributed by atoms with Gasteiger partial charge in [-0.25, -0.2) is 4.98 Å². The lowest BCUT2D eigenvalue weighted by atomic mass is 9.53. The Morgan fingerprint density at radius 1 is 1.26 bits per heavy atom. The Labute approximate surface area is 197 Å². The van der Waals surface area contributed by atoms with Crippen molar-refractivity contribution in [1.82, 2.24) is 10.3 Å². The van der Waals surface area contributed by atoms with Crippen LogP contribution in [0.25, 0.3) is 0 Å². The fraction of sp³-hybridized carbons (Fsp3) is 0.440. The van der Waals surface area contributed by atoms with Crippen molar-refractivity contribution in [2.45, 2.75) is 50.9 Å². The zero-order valence-electron chi connectivity index (χ0n) is 18.9. The monoisotopic (exact) mass is 462 g/mol. The number of nitriles is 1. The fourth-order valence-corrected chi connectivity index (χ4v) is 5.31. The smallest absolute Gasteiger partial charge is 0.254 e. The second-order valence-electron chi connectivity index (χ2n) is 9.37. The molecule has 0 saturated heterocycles. The maximum atomic E-state index is 12.6. The van der Waals surface area contributed by atoms with E-state index in [9.17, 15) is 14.9 Å². The molecule has 2 saturated carbocycles. The normalized spacial score (nSPS) is 24.7. The molecule has 2 heterocycles. The van der Waals surface area contributed by atoms with Crippen molar-refractivity contribution in [3.63, 3.8) is 0 Å². The minimum Gasteiger partial charge on any atom is -0.495 e. The highest BCUT2D eigenvalue weighted by Crippen LogP contribution is 2.56. The number of methoxy groups -OCH3 is 1. The molecule has 1 aliphatic heterocycles. The van der Waals surface area contributed by atoms with Gasteiger partial charge < -0.3 is 25.3 Å². The summed E-state index contributed by atoms with van der Waals surface area (Å²) >= 11 is 0. The number of fused-ring (bicyclic) bond motifs is 1. The van der Waals surface area contributed by atoms with E-state index in [0.717, 1.165) is 36.9 Å². The highest BCUT2D eigenvalue weighted by Gasteiger charge is 2.54. The number of ether oxygens (including phenoxy) is 3. The molecular weight excluding hydrogens is 436 g/mol. The van der Waals surface area contributed by atoms with Gasteiger partial charge in [-0.15, -0.1) is 0 Å². The number of amides is 2. The molecule has 1 aromatic carbocycles. The van der Waals surface area contributed by atoms with E-state index in [2.05, 4.69) is 10.3 Å². The number of hydrogen-bond donors (Lipinski definition) is 2. The first-order chi connectivity index (χ1) is 16.4. The molecule has 2 aromatic rings. The summed E-state index contributed by atoms with van der Waals surface area (Å²) in [5.41, 5.74) is 8.54. The minimum atomic E-state index is -0.561. The molecule has 2 aliphatic carbocycles. The van der Waals surface area contributed by atoms with E-state index in [-0.39, 0.29) is 23.5 Å². The lowest BCUT2D eigenvalue weighted by Crippen LogP contribution is -2.58. The van der Waals surface area contributed by atoms with Crippen molar-refractivity contribution < 1.29 is 23.8 Å². The number of benzene rings is 1. The molecule has 1 aromatic heterocycles. The third-order valence-corrected chi connectivity index (χ3v) is 7.04. The van der Waals surface area contributed by atoms with Crippen LogP contribution in [-0.2, 0) is 17.8 Å². The van der Waals surface area contributed by atoms with E-state index in [1.54, 1.807) is 24.3 Å². The van der Waals surface area contributed by atoms with Crippen LogP contribution in [0.3, 0.4) is 0 Å². The second kappa shape index (κ2) is 8.61. The van der Waals surface area contributed by atoms with Crippen LogP contribution < -0.4 is 20.5 Å². The van der Waals surface area contributed by atoms with Gasteiger partial charge in [-0.2, -0.15) is 5.26 Å². The predicted molar refractivity (Wildman–Crippen MR) is 120 cm³/mol. The molecule has 9 nitrogen and oxygen atoms in total. The minimum absolute atomic E-state index is 0.0279. The Hall–Kier alpha value is -3.64. The van der Waals surface area contributed by atoms with Gasteiger partial charge in [0.2, 0.25) is 5.88 Å². The summed E-state index contributed by atoms with van der Waals surface area (Å²) in [6.07, 6.45) is 4.10. The average molecular weight is 463 g/mol. The highest BCUT2D eigenvalue weighted by molar-refractivity contribution is 5.95. The zero-order valence-corrected chi connectivity index (χ0v) is 18.9. The molecule has 5 rings (SSSR count). The Balaban J connectivity index is 1.16. The summed E-state index contributed by atoms with van der Waals surface area (Å²) < 4.78 is 16.7. The van der Waals surface area contributed by atoms with Crippen LogP contribution in [0.2, 0.25) is 0 Å². The molecule has 0 unspecified atom stereocenters. The third kappa shape index (κ3) is 4.05.